The highest BCUT2D eigenvalue weighted by molar-refractivity contribution is 6.07. The second-order valence-electron chi connectivity index (χ2n) is 5.22. The van der Waals surface area contributed by atoms with E-state index in [0.717, 1.165) is 5.56 Å². The molecule has 0 unspecified atom stereocenters. The number of methoxy groups -OCH3 is 3. The van der Waals surface area contributed by atoms with E-state index in [9.17, 15) is 4.79 Å². The Kier molecular flexibility index (Phi) is 4.79. The van der Waals surface area contributed by atoms with Crippen molar-refractivity contribution in [3.63, 3.8) is 0 Å². The predicted molar refractivity (Wildman–Crippen MR) is 92.0 cm³/mol. The van der Waals surface area contributed by atoms with Crippen LogP contribution in [0.15, 0.2) is 36.4 Å². The van der Waals surface area contributed by atoms with Crippen molar-refractivity contribution in [3.05, 3.63) is 47.5 Å². The Labute approximate surface area is 145 Å². The number of allylic oxidation sites excluding steroid dienone is 1. The van der Waals surface area contributed by atoms with Gasteiger partial charge in [0, 0.05) is 5.56 Å². The fraction of sp³-hybridized carbons (Fsp3) is 0.211. The Morgan fingerprint density at radius 1 is 0.960 bits per heavy atom. The van der Waals surface area contributed by atoms with Gasteiger partial charge in [-0.2, -0.15) is 0 Å². The lowest BCUT2D eigenvalue weighted by molar-refractivity contribution is 0.104. The Morgan fingerprint density at radius 3 is 2.28 bits per heavy atom. The van der Waals surface area contributed by atoms with Gasteiger partial charge in [-0.3, -0.25) is 4.79 Å². The molecule has 0 amide bonds. The third-order valence-electron chi connectivity index (χ3n) is 3.77. The standard InChI is InChI=1S/C19H18O6/c1-21-17-9-13(10-18(22-2)19(17)23-3)14(20)6-4-12-5-7-15-16(8-12)25-11-24-15/h4-10H,11H2,1-3H3/b6-4+. The fourth-order valence-electron chi connectivity index (χ4n) is 2.51. The molecule has 0 spiro atoms. The van der Waals surface area contributed by atoms with Crippen molar-refractivity contribution in [1.29, 1.82) is 0 Å². The second kappa shape index (κ2) is 7.17. The van der Waals surface area contributed by atoms with Crippen LogP contribution in [0.4, 0.5) is 0 Å². The Morgan fingerprint density at radius 2 is 1.64 bits per heavy atom. The summed E-state index contributed by atoms with van der Waals surface area (Å²) in [6.45, 7) is 0.215. The molecular formula is C19H18O6. The molecule has 0 aliphatic carbocycles. The molecule has 0 saturated carbocycles. The van der Waals surface area contributed by atoms with Gasteiger partial charge in [0.25, 0.3) is 0 Å². The minimum absolute atomic E-state index is 0.183. The van der Waals surface area contributed by atoms with E-state index in [1.807, 2.05) is 18.2 Å². The van der Waals surface area contributed by atoms with Gasteiger partial charge in [0.2, 0.25) is 12.5 Å². The van der Waals surface area contributed by atoms with Gasteiger partial charge in [-0.25, -0.2) is 0 Å². The summed E-state index contributed by atoms with van der Waals surface area (Å²) in [6.07, 6.45) is 3.20. The molecule has 6 heteroatoms. The zero-order valence-corrected chi connectivity index (χ0v) is 14.2. The number of hydrogen-bond acceptors (Lipinski definition) is 6. The average molecular weight is 342 g/mol. The highest BCUT2D eigenvalue weighted by atomic mass is 16.7. The second-order valence-corrected chi connectivity index (χ2v) is 5.22. The summed E-state index contributed by atoms with van der Waals surface area (Å²) in [5, 5.41) is 0. The van der Waals surface area contributed by atoms with Crippen LogP contribution in [0.2, 0.25) is 0 Å². The Balaban J connectivity index is 1.85. The van der Waals surface area contributed by atoms with Crippen molar-refractivity contribution in [3.8, 4) is 28.7 Å². The predicted octanol–water partition coefficient (Wildman–Crippen LogP) is 3.34. The van der Waals surface area contributed by atoms with E-state index in [2.05, 4.69) is 0 Å². The van der Waals surface area contributed by atoms with Gasteiger partial charge in [0.05, 0.1) is 21.3 Å². The van der Waals surface area contributed by atoms with Crippen molar-refractivity contribution in [2.24, 2.45) is 0 Å². The van der Waals surface area contributed by atoms with Crippen molar-refractivity contribution in [2.75, 3.05) is 28.1 Å². The van der Waals surface area contributed by atoms with Crippen LogP contribution in [0, 0.1) is 0 Å². The molecule has 1 heterocycles. The molecule has 0 aromatic heterocycles. The lowest BCUT2D eigenvalue weighted by Gasteiger charge is -2.13. The highest BCUT2D eigenvalue weighted by Crippen LogP contribution is 2.38. The van der Waals surface area contributed by atoms with Gasteiger partial charge in [0.15, 0.2) is 28.8 Å². The molecule has 25 heavy (non-hydrogen) atoms. The molecule has 0 N–H and O–H groups in total. The van der Waals surface area contributed by atoms with Crippen LogP contribution in [0.3, 0.4) is 0 Å². The van der Waals surface area contributed by atoms with Crippen LogP contribution in [0.5, 0.6) is 28.7 Å². The number of benzene rings is 2. The molecule has 2 aromatic carbocycles. The van der Waals surface area contributed by atoms with E-state index in [1.165, 1.54) is 27.4 Å². The zero-order valence-electron chi connectivity index (χ0n) is 14.2. The average Bonchev–Trinajstić information content (AvgIpc) is 3.12. The van der Waals surface area contributed by atoms with Crippen molar-refractivity contribution in [1.82, 2.24) is 0 Å². The first-order chi connectivity index (χ1) is 12.2. The molecule has 2 aromatic rings. The third-order valence-corrected chi connectivity index (χ3v) is 3.77. The molecule has 0 saturated heterocycles. The molecule has 1 aliphatic rings. The van der Waals surface area contributed by atoms with Gasteiger partial charge < -0.3 is 23.7 Å². The minimum Gasteiger partial charge on any atom is -0.493 e. The lowest BCUT2D eigenvalue weighted by atomic mass is 10.1. The van der Waals surface area contributed by atoms with Crippen LogP contribution >= 0.6 is 0 Å². The first-order valence-electron chi connectivity index (χ1n) is 7.58. The van der Waals surface area contributed by atoms with Crippen LogP contribution in [0.1, 0.15) is 15.9 Å². The maximum absolute atomic E-state index is 12.5. The van der Waals surface area contributed by atoms with Crippen LogP contribution in [0.25, 0.3) is 6.08 Å². The number of ether oxygens (including phenoxy) is 5. The van der Waals surface area contributed by atoms with E-state index in [4.69, 9.17) is 23.7 Å². The number of carbonyl (C=O) groups excluding carboxylic acids is 1. The summed E-state index contributed by atoms with van der Waals surface area (Å²) >= 11 is 0. The van der Waals surface area contributed by atoms with Crippen LogP contribution in [-0.2, 0) is 0 Å². The summed E-state index contributed by atoms with van der Waals surface area (Å²) in [6, 6.07) is 8.72. The van der Waals surface area contributed by atoms with E-state index in [-0.39, 0.29) is 12.6 Å². The van der Waals surface area contributed by atoms with Crippen LogP contribution < -0.4 is 23.7 Å². The monoisotopic (exact) mass is 342 g/mol. The molecule has 3 rings (SSSR count). The quantitative estimate of drug-likeness (QED) is 0.593. The smallest absolute Gasteiger partial charge is 0.231 e. The number of carbonyl (C=O) groups is 1. The van der Waals surface area contributed by atoms with Gasteiger partial charge in [0.1, 0.15) is 0 Å². The first kappa shape index (κ1) is 16.7. The molecule has 0 fully saturated rings. The molecular weight excluding hydrogens is 324 g/mol. The van der Waals surface area contributed by atoms with Gasteiger partial charge in [-0.1, -0.05) is 12.1 Å². The van der Waals surface area contributed by atoms with E-state index < -0.39 is 0 Å². The van der Waals surface area contributed by atoms with Gasteiger partial charge >= 0.3 is 0 Å². The van der Waals surface area contributed by atoms with Crippen molar-refractivity contribution < 1.29 is 28.5 Å². The maximum atomic E-state index is 12.5. The molecule has 0 bridgehead atoms. The lowest BCUT2D eigenvalue weighted by Crippen LogP contribution is -2.00. The summed E-state index contributed by atoms with van der Waals surface area (Å²) in [5.41, 5.74) is 1.27. The summed E-state index contributed by atoms with van der Waals surface area (Å²) in [5.74, 6) is 2.50. The van der Waals surface area contributed by atoms with E-state index in [1.54, 1.807) is 18.2 Å². The summed E-state index contributed by atoms with van der Waals surface area (Å²) in [7, 11) is 4.53. The summed E-state index contributed by atoms with van der Waals surface area (Å²) < 4.78 is 26.4. The maximum Gasteiger partial charge on any atom is 0.231 e. The minimum atomic E-state index is -0.183. The topological polar surface area (TPSA) is 63.2 Å². The molecule has 0 atom stereocenters. The van der Waals surface area contributed by atoms with E-state index in [0.29, 0.717) is 34.3 Å². The number of hydrogen-bond donors (Lipinski definition) is 0. The van der Waals surface area contributed by atoms with Gasteiger partial charge in [-0.15, -0.1) is 0 Å². The first-order valence-corrected chi connectivity index (χ1v) is 7.58. The number of fused-ring (bicyclic) bond motifs is 1. The third kappa shape index (κ3) is 3.38. The van der Waals surface area contributed by atoms with E-state index >= 15 is 0 Å². The molecule has 130 valence electrons. The SMILES string of the molecule is COc1cc(C(=O)/C=C/c2ccc3c(c2)OCO3)cc(OC)c1OC. The van der Waals surface area contributed by atoms with Crippen molar-refractivity contribution in [2.45, 2.75) is 0 Å². The number of rotatable bonds is 6. The fourth-order valence-corrected chi connectivity index (χ4v) is 2.51. The normalized spacial score (nSPS) is 12.3. The molecule has 0 radical (unpaired) electrons. The van der Waals surface area contributed by atoms with Crippen molar-refractivity contribution >= 4 is 11.9 Å². The molecule has 1 aliphatic heterocycles. The van der Waals surface area contributed by atoms with Crippen LogP contribution in [-0.4, -0.2) is 33.9 Å². The summed E-state index contributed by atoms with van der Waals surface area (Å²) in [4.78, 5) is 12.5. The number of ketones is 1. The Hall–Kier alpha value is -3.15. The largest absolute Gasteiger partial charge is 0.493 e. The Bertz CT molecular complexity index is 800. The molecule has 6 nitrogen and oxygen atoms in total. The van der Waals surface area contributed by atoms with Gasteiger partial charge in [-0.05, 0) is 35.9 Å². The highest BCUT2D eigenvalue weighted by Gasteiger charge is 2.16. The zero-order chi connectivity index (χ0) is 17.8.